The average Bonchev–Trinajstić information content (AvgIpc) is 2.59. The van der Waals surface area contributed by atoms with Crippen molar-refractivity contribution in [3.8, 4) is 0 Å². The Morgan fingerprint density at radius 3 is 2.21 bits per heavy atom. The molecule has 0 aliphatic carbocycles. The van der Waals surface area contributed by atoms with Crippen LogP contribution < -0.4 is 16.8 Å². The summed E-state index contributed by atoms with van der Waals surface area (Å²) in [6, 6.07) is -1.48. The standard InChI is InChI=1S/C15H27N3O4S.H2O/c1-13(2)7-23-14(3,4)11(13)18-12(22)15(5,17)10(21)8(16)6-9(19)20;/h8,11H,6-7,16-17H2,1-5H3,(H,18,22)(H,19,20);1H2/t8-,11?,15-;/m0./s1. The number of carboxylic acid groups (broad SMARTS) is 1. The van der Waals surface area contributed by atoms with Gasteiger partial charge in [-0.05, 0) is 26.2 Å². The maximum atomic E-state index is 12.6. The Morgan fingerprint density at radius 2 is 1.83 bits per heavy atom. The Kier molecular flexibility index (Phi) is 7.03. The number of carboxylic acids is 1. The first-order valence-electron chi connectivity index (χ1n) is 7.47. The second kappa shape index (κ2) is 7.38. The zero-order valence-electron chi connectivity index (χ0n) is 14.8. The van der Waals surface area contributed by atoms with E-state index in [2.05, 4.69) is 5.32 Å². The summed E-state index contributed by atoms with van der Waals surface area (Å²) >= 11 is 1.75. The molecule has 0 aromatic heterocycles. The van der Waals surface area contributed by atoms with E-state index in [9.17, 15) is 14.4 Å². The fourth-order valence-electron chi connectivity index (χ4n) is 2.91. The second-order valence-corrected chi connectivity index (χ2v) is 9.19. The topological polar surface area (TPSA) is 167 Å². The molecule has 0 radical (unpaired) electrons. The number of nitrogens with two attached hydrogens (primary N) is 2. The van der Waals surface area contributed by atoms with Crippen molar-refractivity contribution >= 4 is 29.4 Å². The molecule has 1 heterocycles. The highest BCUT2D eigenvalue weighted by molar-refractivity contribution is 8.01. The molecule has 140 valence electrons. The zero-order chi connectivity index (χ0) is 18.2. The van der Waals surface area contributed by atoms with E-state index >= 15 is 0 Å². The van der Waals surface area contributed by atoms with Gasteiger partial charge < -0.3 is 27.4 Å². The summed E-state index contributed by atoms with van der Waals surface area (Å²) in [5, 5.41) is 11.6. The number of aliphatic carboxylic acids is 1. The van der Waals surface area contributed by atoms with Crippen molar-refractivity contribution in [1.82, 2.24) is 5.32 Å². The number of ketones is 1. The number of thioether (sulfide) groups is 1. The molecule has 1 aliphatic heterocycles. The third-order valence-electron chi connectivity index (χ3n) is 4.28. The van der Waals surface area contributed by atoms with Gasteiger partial charge in [0.2, 0.25) is 5.91 Å². The molecular formula is C15H29N3O5S. The number of rotatable bonds is 6. The lowest BCUT2D eigenvalue weighted by Crippen LogP contribution is -2.65. The third kappa shape index (κ3) is 4.69. The number of hydrogen-bond acceptors (Lipinski definition) is 6. The van der Waals surface area contributed by atoms with E-state index in [-0.39, 0.29) is 21.7 Å². The van der Waals surface area contributed by atoms with Crippen molar-refractivity contribution in [2.45, 2.75) is 63.4 Å². The lowest BCUT2D eigenvalue weighted by molar-refractivity contribution is -0.142. The fraction of sp³-hybridized carbons (Fsp3) is 0.800. The zero-order valence-corrected chi connectivity index (χ0v) is 15.6. The molecule has 1 saturated heterocycles. The van der Waals surface area contributed by atoms with E-state index in [1.54, 1.807) is 11.8 Å². The molecule has 1 rings (SSSR count). The lowest BCUT2D eigenvalue weighted by Gasteiger charge is -2.37. The van der Waals surface area contributed by atoms with Crippen molar-refractivity contribution < 1.29 is 25.0 Å². The summed E-state index contributed by atoms with van der Waals surface area (Å²) in [4.78, 5) is 35.5. The number of carbonyl (C=O) groups excluding carboxylic acids is 2. The number of nitrogens with one attached hydrogen (secondary N) is 1. The van der Waals surface area contributed by atoms with Gasteiger partial charge in [0.05, 0.1) is 12.5 Å². The summed E-state index contributed by atoms with van der Waals surface area (Å²) in [6.07, 6.45) is -0.560. The van der Waals surface area contributed by atoms with Gasteiger partial charge in [-0.1, -0.05) is 13.8 Å². The largest absolute Gasteiger partial charge is 0.481 e. The van der Waals surface area contributed by atoms with Crippen LogP contribution in [0.5, 0.6) is 0 Å². The first-order valence-corrected chi connectivity index (χ1v) is 8.46. The molecule has 1 aliphatic rings. The molecule has 0 spiro atoms. The summed E-state index contributed by atoms with van der Waals surface area (Å²) < 4.78 is -0.193. The van der Waals surface area contributed by atoms with E-state index in [1.807, 2.05) is 27.7 Å². The van der Waals surface area contributed by atoms with E-state index in [0.717, 1.165) is 5.75 Å². The van der Waals surface area contributed by atoms with Crippen molar-refractivity contribution in [3.05, 3.63) is 0 Å². The van der Waals surface area contributed by atoms with Gasteiger partial charge >= 0.3 is 5.97 Å². The van der Waals surface area contributed by atoms with Gasteiger partial charge in [0, 0.05) is 16.5 Å². The van der Waals surface area contributed by atoms with E-state index in [4.69, 9.17) is 16.6 Å². The number of Topliss-reactive ketones (excluding diaryl/α,β-unsaturated/α-hetero) is 1. The molecule has 0 aromatic rings. The van der Waals surface area contributed by atoms with Gasteiger partial charge in [0.1, 0.15) is 0 Å². The Morgan fingerprint density at radius 1 is 1.33 bits per heavy atom. The monoisotopic (exact) mass is 363 g/mol. The minimum Gasteiger partial charge on any atom is -0.481 e. The molecule has 1 unspecified atom stereocenters. The molecule has 1 fully saturated rings. The fourth-order valence-corrected chi connectivity index (χ4v) is 4.36. The van der Waals surface area contributed by atoms with Crippen LogP contribution in [0.4, 0.5) is 0 Å². The Balaban J connectivity index is 0.00000529. The van der Waals surface area contributed by atoms with Crippen molar-refractivity contribution in [3.63, 3.8) is 0 Å². The first kappa shape index (κ1) is 22.8. The van der Waals surface area contributed by atoms with Crippen LogP contribution in [-0.2, 0) is 14.4 Å². The van der Waals surface area contributed by atoms with Crippen LogP contribution in [0.3, 0.4) is 0 Å². The van der Waals surface area contributed by atoms with Crippen LogP contribution in [-0.4, -0.2) is 56.4 Å². The molecule has 3 atom stereocenters. The molecule has 0 saturated carbocycles. The average molecular weight is 363 g/mol. The Bertz CT molecular complexity index is 503. The molecular weight excluding hydrogens is 334 g/mol. The van der Waals surface area contributed by atoms with Gasteiger partial charge in [0.15, 0.2) is 11.3 Å². The highest BCUT2D eigenvalue weighted by Crippen LogP contribution is 2.48. The Hall–Kier alpha value is -1.16. The maximum Gasteiger partial charge on any atom is 0.305 e. The van der Waals surface area contributed by atoms with Crippen LogP contribution in [0.1, 0.15) is 41.0 Å². The SMILES string of the molecule is CC1(C)CSC(C)(C)C1NC(=O)[C@@](C)(N)C(=O)[C@@H](N)CC(=O)O.O. The summed E-state index contributed by atoms with van der Waals surface area (Å²) in [7, 11) is 0. The lowest BCUT2D eigenvalue weighted by atomic mass is 9.79. The van der Waals surface area contributed by atoms with Gasteiger partial charge in [-0.3, -0.25) is 14.4 Å². The van der Waals surface area contributed by atoms with Crippen LogP contribution in [0, 0.1) is 5.41 Å². The Labute approximate surface area is 146 Å². The predicted molar refractivity (Wildman–Crippen MR) is 93.7 cm³/mol. The quantitative estimate of drug-likeness (QED) is 0.452. The van der Waals surface area contributed by atoms with Crippen molar-refractivity contribution in [1.29, 1.82) is 0 Å². The van der Waals surface area contributed by atoms with Crippen LogP contribution in [0.2, 0.25) is 0 Å². The van der Waals surface area contributed by atoms with Gasteiger partial charge in [-0.15, -0.1) is 0 Å². The van der Waals surface area contributed by atoms with Gasteiger partial charge in [0.25, 0.3) is 0 Å². The molecule has 24 heavy (non-hydrogen) atoms. The molecule has 9 heteroatoms. The van der Waals surface area contributed by atoms with Gasteiger partial charge in [-0.2, -0.15) is 11.8 Å². The maximum absolute atomic E-state index is 12.6. The summed E-state index contributed by atoms with van der Waals surface area (Å²) in [5.41, 5.74) is 9.44. The number of hydrogen-bond donors (Lipinski definition) is 4. The molecule has 1 amide bonds. The third-order valence-corrected chi connectivity index (χ3v) is 6.15. The molecule has 0 bridgehead atoms. The second-order valence-electron chi connectivity index (χ2n) is 7.56. The van der Waals surface area contributed by atoms with E-state index in [0.29, 0.717) is 0 Å². The van der Waals surface area contributed by atoms with Gasteiger partial charge in [-0.25, -0.2) is 0 Å². The number of amides is 1. The predicted octanol–water partition coefficient (Wildman–Crippen LogP) is -0.713. The van der Waals surface area contributed by atoms with Crippen LogP contribution in [0.25, 0.3) is 0 Å². The smallest absolute Gasteiger partial charge is 0.305 e. The molecule has 0 aromatic carbocycles. The first-order chi connectivity index (χ1) is 10.2. The van der Waals surface area contributed by atoms with Crippen molar-refractivity contribution in [2.24, 2.45) is 16.9 Å². The molecule has 8 nitrogen and oxygen atoms in total. The normalized spacial score (nSPS) is 25.0. The summed E-state index contributed by atoms with van der Waals surface area (Å²) in [6.45, 7) is 9.43. The van der Waals surface area contributed by atoms with Crippen molar-refractivity contribution in [2.75, 3.05) is 5.75 Å². The van der Waals surface area contributed by atoms with Crippen LogP contribution in [0.15, 0.2) is 0 Å². The van der Waals surface area contributed by atoms with E-state index < -0.39 is 35.7 Å². The number of carbonyl (C=O) groups is 3. The highest BCUT2D eigenvalue weighted by Gasteiger charge is 2.51. The summed E-state index contributed by atoms with van der Waals surface area (Å²) in [5.74, 6) is -1.74. The minimum atomic E-state index is -1.87. The van der Waals surface area contributed by atoms with Crippen LogP contribution >= 0.6 is 11.8 Å². The minimum absolute atomic E-state index is 0. The van der Waals surface area contributed by atoms with E-state index in [1.165, 1.54) is 6.92 Å². The highest BCUT2D eigenvalue weighted by atomic mass is 32.2. The molecule has 8 N–H and O–H groups in total.